The molecule has 1 aromatic carbocycles. The van der Waals surface area contributed by atoms with Crippen LogP contribution in [0.1, 0.15) is 5.56 Å². The van der Waals surface area contributed by atoms with Crippen LogP contribution in [0.15, 0.2) is 18.2 Å². The van der Waals surface area contributed by atoms with Gasteiger partial charge in [0.2, 0.25) is 0 Å². The highest BCUT2D eigenvalue weighted by molar-refractivity contribution is 6.32. The number of aliphatic carboxylic acids is 1. The van der Waals surface area contributed by atoms with Gasteiger partial charge in [0.25, 0.3) is 0 Å². The number of rotatable bonds is 3. The summed E-state index contributed by atoms with van der Waals surface area (Å²) in [6, 6.07) is 1.95. The fourth-order valence-electron chi connectivity index (χ4n) is 1.09. The summed E-state index contributed by atoms with van der Waals surface area (Å²) in [6.07, 6.45) is -3.12. The lowest BCUT2D eigenvalue weighted by Gasteiger charge is -2.12. The largest absolute Gasteiger partial charge is 0.573 e. The molecule has 1 rings (SSSR count). The van der Waals surface area contributed by atoms with Crippen molar-refractivity contribution >= 4 is 29.3 Å². The Morgan fingerprint density at radius 1 is 1.44 bits per heavy atom. The number of ether oxygens (including phenoxy) is 1. The zero-order valence-corrected chi connectivity index (χ0v) is 9.42. The molecular weight excluding hydrogens is 275 g/mol. The van der Waals surface area contributed by atoms with Crippen LogP contribution < -0.4 is 10.5 Å². The maximum absolute atomic E-state index is 12.0. The number of benzene rings is 1. The highest BCUT2D eigenvalue weighted by Gasteiger charge is 2.32. The van der Waals surface area contributed by atoms with Crippen molar-refractivity contribution in [3.8, 4) is 5.75 Å². The fraction of sp³-hybridized carbons (Fsp3) is 0.100. The van der Waals surface area contributed by atoms with E-state index in [2.05, 4.69) is 4.74 Å². The zero-order chi connectivity index (χ0) is 13.9. The minimum Gasteiger partial charge on any atom is -0.478 e. The minimum absolute atomic E-state index is 0.0343. The normalized spacial score (nSPS) is 11.8. The van der Waals surface area contributed by atoms with Gasteiger partial charge < -0.3 is 15.6 Å². The molecule has 0 amide bonds. The zero-order valence-electron chi connectivity index (χ0n) is 8.66. The van der Waals surface area contributed by atoms with Gasteiger partial charge in [-0.3, -0.25) is 0 Å². The van der Waals surface area contributed by atoms with E-state index in [9.17, 15) is 18.0 Å². The smallest absolute Gasteiger partial charge is 0.478 e. The summed E-state index contributed by atoms with van der Waals surface area (Å²) in [5, 5.41) is 8.09. The molecule has 0 radical (unpaired) electrons. The van der Waals surface area contributed by atoms with Gasteiger partial charge in [0.1, 0.15) is 5.75 Å². The lowest BCUT2D eigenvalue weighted by atomic mass is 10.1. The Morgan fingerprint density at radius 3 is 2.56 bits per heavy atom. The Kier molecular flexibility index (Phi) is 4.07. The second-order valence-corrected chi connectivity index (χ2v) is 3.54. The van der Waals surface area contributed by atoms with Gasteiger partial charge in [0.05, 0.1) is 5.02 Å². The molecular formula is C10H7ClF3NO3. The number of carboxylic acids is 1. The van der Waals surface area contributed by atoms with E-state index in [-0.39, 0.29) is 16.3 Å². The van der Waals surface area contributed by atoms with Crippen LogP contribution in [0.25, 0.3) is 6.08 Å². The molecule has 18 heavy (non-hydrogen) atoms. The Balaban J connectivity index is 3.14. The first kappa shape index (κ1) is 14.2. The van der Waals surface area contributed by atoms with E-state index in [1.54, 1.807) is 0 Å². The van der Waals surface area contributed by atoms with Gasteiger partial charge in [-0.15, -0.1) is 13.2 Å². The molecule has 0 bridgehead atoms. The van der Waals surface area contributed by atoms with Crippen LogP contribution in [-0.2, 0) is 4.79 Å². The summed E-state index contributed by atoms with van der Waals surface area (Å²) in [6.45, 7) is 0. The number of carbonyl (C=O) groups is 1. The lowest BCUT2D eigenvalue weighted by molar-refractivity contribution is -0.274. The monoisotopic (exact) mass is 281 g/mol. The number of carboxylic acid groups (broad SMARTS) is 1. The molecule has 0 aliphatic heterocycles. The quantitative estimate of drug-likeness (QED) is 0.660. The van der Waals surface area contributed by atoms with E-state index in [0.29, 0.717) is 0 Å². The molecule has 4 nitrogen and oxygen atoms in total. The Hall–Kier alpha value is -1.89. The number of hydrogen-bond acceptors (Lipinski definition) is 3. The van der Waals surface area contributed by atoms with Crippen molar-refractivity contribution in [2.45, 2.75) is 6.36 Å². The Labute approximate surface area is 104 Å². The van der Waals surface area contributed by atoms with Crippen molar-refractivity contribution < 1.29 is 27.8 Å². The van der Waals surface area contributed by atoms with Crippen LogP contribution in [0.2, 0.25) is 5.02 Å². The fourth-order valence-corrected chi connectivity index (χ4v) is 1.30. The SMILES string of the molecule is Nc1cc(Cl)c(OC(F)(F)F)cc1/C=C/C(=O)O. The molecule has 0 saturated carbocycles. The molecule has 0 spiro atoms. The molecule has 0 saturated heterocycles. The summed E-state index contributed by atoms with van der Waals surface area (Å²) < 4.78 is 39.8. The first-order valence-electron chi connectivity index (χ1n) is 4.45. The summed E-state index contributed by atoms with van der Waals surface area (Å²) in [5.41, 5.74) is 5.57. The molecule has 98 valence electrons. The second kappa shape index (κ2) is 5.18. The predicted molar refractivity (Wildman–Crippen MR) is 59.2 cm³/mol. The summed E-state index contributed by atoms with van der Waals surface area (Å²) in [4.78, 5) is 10.3. The Morgan fingerprint density at radius 2 is 2.06 bits per heavy atom. The topological polar surface area (TPSA) is 72.5 Å². The molecule has 0 fully saturated rings. The summed E-state index contributed by atoms with van der Waals surface area (Å²) in [7, 11) is 0. The third-order valence-corrected chi connectivity index (χ3v) is 2.06. The highest BCUT2D eigenvalue weighted by atomic mass is 35.5. The molecule has 0 unspecified atom stereocenters. The predicted octanol–water partition coefficient (Wildman–Crippen LogP) is 2.92. The van der Waals surface area contributed by atoms with Crippen LogP contribution in [0.5, 0.6) is 5.75 Å². The molecule has 0 atom stereocenters. The van der Waals surface area contributed by atoms with Crippen molar-refractivity contribution in [3.05, 3.63) is 28.8 Å². The summed E-state index contributed by atoms with van der Waals surface area (Å²) in [5.74, 6) is -1.91. The maximum atomic E-state index is 12.0. The molecule has 0 aromatic heterocycles. The number of nitrogens with two attached hydrogens (primary N) is 1. The van der Waals surface area contributed by atoms with Gasteiger partial charge >= 0.3 is 12.3 Å². The van der Waals surface area contributed by atoms with Crippen molar-refractivity contribution in [3.63, 3.8) is 0 Å². The number of alkyl halides is 3. The van der Waals surface area contributed by atoms with Crippen molar-refractivity contribution in [1.82, 2.24) is 0 Å². The third kappa shape index (κ3) is 4.17. The number of halogens is 4. The molecule has 8 heteroatoms. The van der Waals surface area contributed by atoms with E-state index in [1.807, 2.05) is 0 Å². The molecule has 0 aliphatic rings. The van der Waals surface area contributed by atoms with E-state index < -0.39 is 18.1 Å². The van der Waals surface area contributed by atoms with Gasteiger partial charge in [-0.1, -0.05) is 11.6 Å². The first-order valence-corrected chi connectivity index (χ1v) is 4.82. The number of hydrogen-bond donors (Lipinski definition) is 2. The van der Waals surface area contributed by atoms with E-state index in [0.717, 1.165) is 24.3 Å². The van der Waals surface area contributed by atoms with Crippen molar-refractivity contribution in [2.75, 3.05) is 5.73 Å². The van der Waals surface area contributed by atoms with E-state index in [4.69, 9.17) is 22.4 Å². The van der Waals surface area contributed by atoms with Crippen molar-refractivity contribution in [2.24, 2.45) is 0 Å². The number of anilines is 1. The van der Waals surface area contributed by atoms with Crippen LogP contribution in [0.4, 0.5) is 18.9 Å². The van der Waals surface area contributed by atoms with Crippen LogP contribution in [0, 0.1) is 0 Å². The van der Waals surface area contributed by atoms with Gasteiger partial charge in [-0.05, 0) is 18.2 Å². The third-order valence-electron chi connectivity index (χ3n) is 1.77. The first-order chi connectivity index (χ1) is 8.19. The molecule has 1 aromatic rings. The van der Waals surface area contributed by atoms with Crippen LogP contribution in [-0.4, -0.2) is 17.4 Å². The summed E-state index contributed by atoms with van der Waals surface area (Å²) >= 11 is 5.52. The highest BCUT2D eigenvalue weighted by Crippen LogP contribution is 2.34. The average molecular weight is 282 g/mol. The molecule has 3 N–H and O–H groups in total. The number of nitrogen functional groups attached to an aromatic ring is 1. The second-order valence-electron chi connectivity index (χ2n) is 3.13. The van der Waals surface area contributed by atoms with E-state index in [1.165, 1.54) is 0 Å². The van der Waals surface area contributed by atoms with Crippen LogP contribution in [0.3, 0.4) is 0 Å². The molecule has 0 aliphatic carbocycles. The standard InChI is InChI=1S/C10H7ClF3NO3/c11-6-4-7(15)5(1-2-9(16)17)3-8(6)18-10(12,13)14/h1-4H,15H2,(H,16,17)/b2-1+. The average Bonchev–Trinajstić information content (AvgIpc) is 2.18. The maximum Gasteiger partial charge on any atom is 0.573 e. The lowest BCUT2D eigenvalue weighted by Crippen LogP contribution is -2.17. The van der Waals surface area contributed by atoms with Crippen LogP contribution >= 0.6 is 11.6 Å². The minimum atomic E-state index is -4.90. The van der Waals surface area contributed by atoms with Gasteiger partial charge in [-0.2, -0.15) is 0 Å². The van der Waals surface area contributed by atoms with E-state index >= 15 is 0 Å². The van der Waals surface area contributed by atoms with Gasteiger partial charge in [-0.25, -0.2) is 4.79 Å². The van der Waals surface area contributed by atoms with Crippen molar-refractivity contribution in [1.29, 1.82) is 0 Å². The molecule has 0 heterocycles. The Bertz CT molecular complexity index is 500. The van der Waals surface area contributed by atoms with Gasteiger partial charge in [0, 0.05) is 17.3 Å². The van der Waals surface area contributed by atoms with Gasteiger partial charge in [0.15, 0.2) is 0 Å².